The fraction of sp³-hybridized carbons (Fsp3) is 0.400. The number of piperazine rings is 1. The van der Waals surface area contributed by atoms with Gasteiger partial charge in [-0.05, 0) is 23.9 Å². The Bertz CT molecular complexity index is 756. The van der Waals surface area contributed by atoms with Gasteiger partial charge in [-0.1, -0.05) is 43.7 Å². The van der Waals surface area contributed by atoms with Gasteiger partial charge in [0, 0.05) is 37.7 Å². The topological polar surface area (TPSA) is 40.6 Å². The lowest BCUT2D eigenvalue weighted by Crippen LogP contribution is -2.51. The van der Waals surface area contributed by atoms with E-state index in [4.69, 9.17) is 0 Å². The van der Waals surface area contributed by atoms with E-state index in [1.54, 1.807) is 0 Å². The third-order valence-corrected chi connectivity index (χ3v) is 5.50. The maximum Gasteiger partial charge on any atom is 0.264 e. The summed E-state index contributed by atoms with van der Waals surface area (Å²) in [5, 5.41) is 1.97. The zero-order chi connectivity index (χ0) is 18.0. The van der Waals surface area contributed by atoms with Gasteiger partial charge >= 0.3 is 0 Å². The number of carbonyl (C=O) groups is 2. The molecule has 2 amide bonds. The van der Waals surface area contributed by atoms with Crippen molar-refractivity contribution in [3.05, 3.63) is 46.2 Å². The molecule has 0 bridgehead atoms. The number of benzene rings is 1. The Labute approximate surface area is 153 Å². The lowest BCUT2D eigenvalue weighted by atomic mass is 10.0. The van der Waals surface area contributed by atoms with Gasteiger partial charge in [0.15, 0.2) is 0 Å². The first-order chi connectivity index (χ1) is 12.0. The molecule has 0 radical (unpaired) electrons. The second-order valence-electron chi connectivity index (χ2n) is 6.80. The van der Waals surface area contributed by atoms with E-state index < -0.39 is 0 Å². The van der Waals surface area contributed by atoms with Crippen LogP contribution < -0.4 is 0 Å². The number of hydrogen-bond donors (Lipinski definition) is 0. The fourth-order valence-electron chi connectivity index (χ4n) is 3.07. The molecule has 0 atom stereocenters. The molecule has 25 heavy (non-hydrogen) atoms. The third-order valence-electron chi connectivity index (χ3n) is 4.59. The van der Waals surface area contributed by atoms with Gasteiger partial charge in [0.2, 0.25) is 5.91 Å². The summed E-state index contributed by atoms with van der Waals surface area (Å²) in [6.45, 7) is 8.33. The van der Waals surface area contributed by atoms with Crippen molar-refractivity contribution < 1.29 is 9.59 Å². The number of carbonyl (C=O) groups excluding carboxylic acids is 2. The van der Waals surface area contributed by atoms with Crippen LogP contribution in [0.5, 0.6) is 0 Å². The van der Waals surface area contributed by atoms with Gasteiger partial charge in [-0.15, -0.1) is 11.3 Å². The highest BCUT2D eigenvalue weighted by Gasteiger charge is 2.27. The number of thiophene rings is 1. The van der Waals surface area contributed by atoms with Crippen molar-refractivity contribution in [1.82, 2.24) is 9.80 Å². The highest BCUT2D eigenvalue weighted by atomic mass is 32.1. The Balaban J connectivity index is 1.72. The van der Waals surface area contributed by atoms with Crippen molar-refractivity contribution in [3.63, 3.8) is 0 Å². The van der Waals surface area contributed by atoms with Gasteiger partial charge < -0.3 is 9.80 Å². The average molecular weight is 356 g/mol. The Morgan fingerprint density at radius 2 is 1.56 bits per heavy atom. The van der Waals surface area contributed by atoms with Gasteiger partial charge in [-0.25, -0.2) is 0 Å². The first-order valence-corrected chi connectivity index (χ1v) is 9.58. The second-order valence-corrected chi connectivity index (χ2v) is 7.72. The van der Waals surface area contributed by atoms with Crippen LogP contribution in [0.2, 0.25) is 0 Å². The molecule has 1 fully saturated rings. The van der Waals surface area contributed by atoms with Crippen molar-refractivity contribution in [2.75, 3.05) is 26.2 Å². The standard InChI is InChI=1S/C20H24N2O2S/c1-14(2)19(23)21-9-11-22(12-10-21)20(24)18-17(8-13-25-18)16-6-4-15(3)5-7-16/h4-8,13-14H,9-12H2,1-3H3. The summed E-state index contributed by atoms with van der Waals surface area (Å²) in [5.74, 6) is 0.249. The summed E-state index contributed by atoms with van der Waals surface area (Å²) in [6, 6.07) is 10.3. The molecule has 1 aliphatic heterocycles. The molecule has 0 N–H and O–H groups in total. The third kappa shape index (κ3) is 3.76. The number of rotatable bonds is 3. The molecule has 4 nitrogen and oxygen atoms in total. The lowest BCUT2D eigenvalue weighted by Gasteiger charge is -2.35. The van der Waals surface area contributed by atoms with E-state index in [1.807, 2.05) is 35.1 Å². The molecule has 0 spiro atoms. The van der Waals surface area contributed by atoms with Gasteiger partial charge in [-0.2, -0.15) is 0 Å². The molecule has 0 aliphatic carbocycles. The molecule has 5 heteroatoms. The Morgan fingerprint density at radius 1 is 0.960 bits per heavy atom. The van der Waals surface area contributed by atoms with Crippen LogP contribution in [0.1, 0.15) is 29.1 Å². The van der Waals surface area contributed by atoms with Crippen LogP contribution >= 0.6 is 11.3 Å². The van der Waals surface area contributed by atoms with E-state index in [9.17, 15) is 9.59 Å². The summed E-state index contributed by atoms with van der Waals surface area (Å²) in [4.78, 5) is 29.6. The zero-order valence-electron chi connectivity index (χ0n) is 15.0. The van der Waals surface area contributed by atoms with E-state index in [0.717, 1.165) is 16.0 Å². The average Bonchev–Trinajstić information content (AvgIpc) is 3.11. The van der Waals surface area contributed by atoms with Crippen LogP contribution in [0.3, 0.4) is 0 Å². The van der Waals surface area contributed by atoms with Crippen LogP contribution in [-0.4, -0.2) is 47.8 Å². The molecule has 0 unspecified atom stereocenters. The van der Waals surface area contributed by atoms with Gasteiger partial charge in [0.25, 0.3) is 5.91 Å². The lowest BCUT2D eigenvalue weighted by molar-refractivity contribution is -0.135. The van der Waals surface area contributed by atoms with Crippen molar-refractivity contribution in [1.29, 1.82) is 0 Å². The molecule has 132 valence electrons. The molecule has 1 aromatic heterocycles. The zero-order valence-corrected chi connectivity index (χ0v) is 15.8. The Kier molecular flexibility index (Phi) is 5.23. The van der Waals surface area contributed by atoms with E-state index in [0.29, 0.717) is 26.2 Å². The normalized spacial score (nSPS) is 14.9. The van der Waals surface area contributed by atoms with Crippen molar-refractivity contribution >= 4 is 23.2 Å². The smallest absolute Gasteiger partial charge is 0.264 e. The molecule has 2 heterocycles. The maximum atomic E-state index is 13.0. The monoisotopic (exact) mass is 356 g/mol. The summed E-state index contributed by atoms with van der Waals surface area (Å²) in [5.41, 5.74) is 3.28. The number of aryl methyl sites for hydroxylation is 1. The van der Waals surface area contributed by atoms with Gasteiger partial charge in [0.1, 0.15) is 0 Å². The minimum atomic E-state index is 0.00712. The minimum Gasteiger partial charge on any atom is -0.339 e. The van der Waals surface area contributed by atoms with Crippen LogP contribution in [-0.2, 0) is 4.79 Å². The van der Waals surface area contributed by atoms with E-state index >= 15 is 0 Å². The predicted molar refractivity (Wildman–Crippen MR) is 102 cm³/mol. The van der Waals surface area contributed by atoms with Gasteiger partial charge in [0.05, 0.1) is 4.88 Å². The SMILES string of the molecule is Cc1ccc(-c2ccsc2C(=O)N2CCN(C(=O)C(C)C)CC2)cc1. The van der Waals surface area contributed by atoms with E-state index in [-0.39, 0.29) is 17.7 Å². The van der Waals surface area contributed by atoms with Crippen molar-refractivity contribution in [2.24, 2.45) is 5.92 Å². The molecule has 1 aromatic carbocycles. The summed E-state index contributed by atoms with van der Waals surface area (Å²) >= 11 is 1.49. The van der Waals surface area contributed by atoms with Gasteiger partial charge in [-0.3, -0.25) is 9.59 Å². The molecule has 3 rings (SSSR count). The largest absolute Gasteiger partial charge is 0.339 e. The van der Waals surface area contributed by atoms with Crippen molar-refractivity contribution in [3.8, 4) is 11.1 Å². The maximum absolute atomic E-state index is 13.0. The minimum absolute atomic E-state index is 0.00712. The number of nitrogens with zero attached hydrogens (tertiary/aromatic N) is 2. The summed E-state index contributed by atoms with van der Waals surface area (Å²) in [7, 11) is 0. The molecular formula is C20H24N2O2S. The van der Waals surface area contributed by atoms with Crippen LogP contribution in [0, 0.1) is 12.8 Å². The van der Waals surface area contributed by atoms with E-state index in [1.165, 1.54) is 16.9 Å². The van der Waals surface area contributed by atoms with Crippen LogP contribution in [0.25, 0.3) is 11.1 Å². The second kappa shape index (κ2) is 7.40. The number of amides is 2. The molecule has 2 aromatic rings. The molecule has 0 saturated carbocycles. The van der Waals surface area contributed by atoms with E-state index in [2.05, 4.69) is 31.2 Å². The van der Waals surface area contributed by atoms with Crippen molar-refractivity contribution in [2.45, 2.75) is 20.8 Å². The quantitative estimate of drug-likeness (QED) is 0.842. The highest BCUT2D eigenvalue weighted by molar-refractivity contribution is 7.12. The predicted octanol–water partition coefficient (Wildman–Crippen LogP) is 3.66. The fourth-order valence-corrected chi connectivity index (χ4v) is 3.96. The molecule has 1 saturated heterocycles. The number of hydrogen-bond acceptors (Lipinski definition) is 3. The first kappa shape index (κ1) is 17.7. The molecular weight excluding hydrogens is 332 g/mol. The Hall–Kier alpha value is -2.14. The Morgan fingerprint density at radius 3 is 2.16 bits per heavy atom. The summed E-state index contributed by atoms with van der Waals surface area (Å²) < 4.78 is 0. The van der Waals surface area contributed by atoms with Crippen LogP contribution in [0.4, 0.5) is 0 Å². The first-order valence-electron chi connectivity index (χ1n) is 8.70. The van der Waals surface area contributed by atoms with Crippen LogP contribution in [0.15, 0.2) is 35.7 Å². The summed E-state index contributed by atoms with van der Waals surface area (Å²) in [6.07, 6.45) is 0. The molecule has 1 aliphatic rings. The highest BCUT2D eigenvalue weighted by Crippen LogP contribution is 2.30.